The minimum atomic E-state index is -0.139. The van der Waals surface area contributed by atoms with E-state index in [0.717, 1.165) is 49.2 Å². The molecule has 1 fully saturated rings. The molecule has 5 heteroatoms. The van der Waals surface area contributed by atoms with Crippen molar-refractivity contribution in [3.8, 4) is 0 Å². The van der Waals surface area contributed by atoms with Crippen LogP contribution in [0, 0.1) is 6.92 Å². The van der Waals surface area contributed by atoms with Crippen molar-refractivity contribution in [3.05, 3.63) is 15.9 Å². The Morgan fingerprint density at radius 2 is 2.12 bits per heavy atom. The largest absolute Gasteiger partial charge is 0.381 e. The summed E-state index contributed by atoms with van der Waals surface area (Å²) in [5.41, 5.74) is 8.57. The minimum absolute atomic E-state index is 0.139. The zero-order chi connectivity index (χ0) is 12.5. The van der Waals surface area contributed by atoms with Crippen molar-refractivity contribution in [2.24, 2.45) is 5.73 Å². The number of aryl methyl sites for hydroxylation is 2. The first-order chi connectivity index (χ1) is 8.06. The zero-order valence-corrected chi connectivity index (χ0v) is 12.1. The quantitative estimate of drug-likeness (QED) is 0.929. The van der Waals surface area contributed by atoms with Crippen LogP contribution in [-0.4, -0.2) is 28.5 Å². The molecule has 1 aliphatic heterocycles. The van der Waals surface area contributed by atoms with Gasteiger partial charge < -0.3 is 10.5 Å². The number of aromatic nitrogens is 2. The number of nitrogens with zero attached hydrogens (tertiary/aromatic N) is 2. The molecule has 4 nitrogen and oxygen atoms in total. The van der Waals surface area contributed by atoms with Crippen LogP contribution in [0.2, 0.25) is 0 Å². The molecule has 1 aromatic heterocycles. The summed E-state index contributed by atoms with van der Waals surface area (Å²) in [5, 5.41) is 4.51. The maximum atomic E-state index is 6.45. The summed E-state index contributed by atoms with van der Waals surface area (Å²) in [4.78, 5) is 0. The van der Waals surface area contributed by atoms with Crippen LogP contribution in [0.5, 0.6) is 0 Å². The predicted octanol–water partition coefficient (Wildman–Crippen LogP) is 2.02. The van der Waals surface area contributed by atoms with Crippen LogP contribution in [0.15, 0.2) is 4.47 Å². The van der Waals surface area contributed by atoms with Gasteiger partial charge in [0.1, 0.15) is 0 Å². The number of rotatable bonds is 3. The Morgan fingerprint density at radius 3 is 2.71 bits per heavy atom. The van der Waals surface area contributed by atoms with Crippen molar-refractivity contribution < 1.29 is 4.74 Å². The van der Waals surface area contributed by atoms with Crippen molar-refractivity contribution >= 4 is 15.9 Å². The van der Waals surface area contributed by atoms with Crippen LogP contribution < -0.4 is 5.73 Å². The lowest BCUT2D eigenvalue weighted by Gasteiger charge is -2.33. The highest BCUT2D eigenvalue weighted by molar-refractivity contribution is 9.10. The summed E-state index contributed by atoms with van der Waals surface area (Å²) in [5.74, 6) is 0. The van der Waals surface area contributed by atoms with Gasteiger partial charge in [0.05, 0.1) is 15.9 Å². The van der Waals surface area contributed by atoms with Gasteiger partial charge in [0.2, 0.25) is 0 Å². The van der Waals surface area contributed by atoms with Gasteiger partial charge >= 0.3 is 0 Å². The first-order valence-corrected chi connectivity index (χ1v) is 6.93. The van der Waals surface area contributed by atoms with E-state index in [1.165, 1.54) is 5.69 Å². The van der Waals surface area contributed by atoms with Gasteiger partial charge in [-0.3, -0.25) is 4.68 Å². The molecular weight excluding hydrogens is 282 g/mol. The van der Waals surface area contributed by atoms with Crippen LogP contribution in [0.3, 0.4) is 0 Å². The fourth-order valence-corrected chi connectivity index (χ4v) is 2.75. The molecule has 0 saturated carbocycles. The average molecular weight is 302 g/mol. The maximum absolute atomic E-state index is 6.45. The Morgan fingerprint density at radius 1 is 1.47 bits per heavy atom. The molecule has 2 heterocycles. The van der Waals surface area contributed by atoms with E-state index in [0.29, 0.717) is 0 Å². The summed E-state index contributed by atoms with van der Waals surface area (Å²) in [7, 11) is 0. The second-order valence-electron chi connectivity index (χ2n) is 4.81. The highest BCUT2D eigenvalue weighted by Crippen LogP contribution is 2.28. The standard InChI is InChI=1S/C12H20BrN3O/c1-3-16-10(11(13)9(2)15-16)8-12(14)4-6-17-7-5-12/h3-8,14H2,1-2H3. The van der Waals surface area contributed by atoms with Gasteiger partial charge in [-0.2, -0.15) is 5.10 Å². The fourth-order valence-electron chi connectivity index (χ4n) is 2.33. The van der Waals surface area contributed by atoms with E-state index in [-0.39, 0.29) is 5.54 Å². The summed E-state index contributed by atoms with van der Waals surface area (Å²) < 4.78 is 8.53. The first kappa shape index (κ1) is 13.1. The van der Waals surface area contributed by atoms with E-state index in [9.17, 15) is 0 Å². The van der Waals surface area contributed by atoms with Crippen LogP contribution in [0.1, 0.15) is 31.2 Å². The monoisotopic (exact) mass is 301 g/mol. The molecule has 0 radical (unpaired) electrons. The Balaban J connectivity index is 2.22. The average Bonchev–Trinajstić information content (AvgIpc) is 2.57. The number of hydrogen-bond donors (Lipinski definition) is 1. The Bertz CT molecular complexity index is 397. The van der Waals surface area contributed by atoms with Crippen molar-refractivity contribution in [2.75, 3.05) is 13.2 Å². The number of nitrogens with two attached hydrogens (primary N) is 1. The molecule has 0 amide bonds. The van der Waals surface area contributed by atoms with E-state index in [1.54, 1.807) is 0 Å². The molecule has 96 valence electrons. The molecule has 0 aromatic carbocycles. The number of halogens is 1. The lowest BCUT2D eigenvalue weighted by atomic mass is 9.86. The molecule has 1 aromatic rings. The zero-order valence-electron chi connectivity index (χ0n) is 10.5. The molecule has 0 bridgehead atoms. The third kappa shape index (κ3) is 2.72. The molecular formula is C12H20BrN3O. The molecule has 0 aliphatic carbocycles. The lowest BCUT2D eigenvalue weighted by Crippen LogP contribution is -2.47. The summed E-state index contributed by atoms with van der Waals surface area (Å²) in [6.45, 7) is 6.55. The van der Waals surface area contributed by atoms with Crippen molar-refractivity contribution in [3.63, 3.8) is 0 Å². The lowest BCUT2D eigenvalue weighted by molar-refractivity contribution is 0.0526. The fraction of sp³-hybridized carbons (Fsp3) is 0.750. The summed E-state index contributed by atoms with van der Waals surface area (Å²) in [6.07, 6.45) is 2.71. The topological polar surface area (TPSA) is 53.1 Å². The second-order valence-corrected chi connectivity index (χ2v) is 5.61. The molecule has 1 saturated heterocycles. The first-order valence-electron chi connectivity index (χ1n) is 6.14. The van der Waals surface area contributed by atoms with Crippen molar-refractivity contribution in [1.29, 1.82) is 0 Å². The van der Waals surface area contributed by atoms with Gasteiger partial charge in [-0.25, -0.2) is 0 Å². The summed E-state index contributed by atoms with van der Waals surface area (Å²) in [6, 6.07) is 0. The van der Waals surface area contributed by atoms with Gasteiger partial charge in [-0.15, -0.1) is 0 Å². The highest BCUT2D eigenvalue weighted by Gasteiger charge is 2.30. The number of hydrogen-bond acceptors (Lipinski definition) is 3. The molecule has 17 heavy (non-hydrogen) atoms. The number of ether oxygens (including phenoxy) is 1. The third-order valence-electron chi connectivity index (χ3n) is 3.46. The highest BCUT2D eigenvalue weighted by atomic mass is 79.9. The smallest absolute Gasteiger partial charge is 0.0738 e. The van der Waals surface area contributed by atoms with Crippen LogP contribution in [0.4, 0.5) is 0 Å². The SMILES string of the molecule is CCn1nc(C)c(Br)c1CC1(N)CCOCC1. The van der Waals surface area contributed by atoms with Crippen molar-refractivity contribution in [2.45, 2.75) is 45.2 Å². The van der Waals surface area contributed by atoms with E-state index >= 15 is 0 Å². The molecule has 0 atom stereocenters. The van der Waals surface area contributed by atoms with Gasteiger partial charge in [0.25, 0.3) is 0 Å². The Labute approximate surface area is 111 Å². The van der Waals surface area contributed by atoms with Crippen LogP contribution in [-0.2, 0) is 17.7 Å². The van der Waals surface area contributed by atoms with Crippen LogP contribution >= 0.6 is 15.9 Å². The molecule has 1 aliphatic rings. The van der Waals surface area contributed by atoms with E-state index < -0.39 is 0 Å². The van der Waals surface area contributed by atoms with E-state index in [1.807, 2.05) is 11.6 Å². The Hall–Kier alpha value is -0.390. The van der Waals surface area contributed by atoms with E-state index in [2.05, 4.69) is 28.0 Å². The second kappa shape index (κ2) is 5.08. The van der Waals surface area contributed by atoms with E-state index in [4.69, 9.17) is 10.5 Å². The van der Waals surface area contributed by atoms with Gasteiger partial charge in [0, 0.05) is 31.7 Å². The van der Waals surface area contributed by atoms with Crippen molar-refractivity contribution in [1.82, 2.24) is 9.78 Å². The predicted molar refractivity (Wildman–Crippen MR) is 71.0 cm³/mol. The maximum Gasteiger partial charge on any atom is 0.0738 e. The minimum Gasteiger partial charge on any atom is -0.381 e. The third-order valence-corrected chi connectivity index (χ3v) is 4.49. The summed E-state index contributed by atoms with van der Waals surface area (Å²) >= 11 is 3.62. The Kier molecular flexibility index (Phi) is 3.90. The van der Waals surface area contributed by atoms with Crippen LogP contribution in [0.25, 0.3) is 0 Å². The molecule has 2 rings (SSSR count). The molecule has 2 N–H and O–H groups in total. The molecule has 0 spiro atoms. The van der Waals surface area contributed by atoms with Gasteiger partial charge in [0.15, 0.2) is 0 Å². The van der Waals surface area contributed by atoms with Gasteiger partial charge in [-0.1, -0.05) is 0 Å². The normalized spacial score (nSPS) is 19.5. The molecule has 0 unspecified atom stereocenters. The van der Waals surface area contributed by atoms with Gasteiger partial charge in [-0.05, 0) is 42.6 Å².